The average molecular weight is 393 g/mol. The Labute approximate surface area is 135 Å². The van der Waals surface area contributed by atoms with Crippen molar-refractivity contribution in [2.75, 3.05) is 11.8 Å². The van der Waals surface area contributed by atoms with E-state index >= 15 is 0 Å². The summed E-state index contributed by atoms with van der Waals surface area (Å²) >= 11 is 9.00. The van der Waals surface area contributed by atoms with Gasteiger partial charge in [-0.25, -0.2) is 8.42 Å². The Hall–Kier alpha value is -1.44. The van der Waals surface area contributed by atoms with Crippen LogP contribution in [0.4, 0.5) is 5.69 Å². The normalized spacial score (nSPS) is 11.2. The van der Waals surface area contributed by atoms with Crippen molar-refractivity contribution in [2.45, 2.75) is 4.90 Å². The van der Waals surface area contributed by atoms with Crippen molar-refractivity contribution >= 4 is 43.2 Å². The highest BCUT2D eigenvalue weighted by Gasteiger charge is 2.17. The molecule has 5 nitrogen and oxygen atoms in total. The summed E-state index contributed by atoms with van der Waals surface area (Å²) in [7, 11) is -2.39. The molecule has 2 N–H and O–H groups in total. The number of hydrogen-bond acceptors (Lipinski definition) is 4. The van der Waals surface area contributed by atoms with E-state index in [1.165, 1.54) is 43.5 Å². The van der Waals surface area contributed by atoms with Gasteiger partial charge < -0.3 is 9.84 Å². The first-order valence-electron chi connectivity index (χ1n) is 5.68. The van der Waals surface area contributed by atoms with Gasteiger partial charge in [-0.1, -0.05) is 11.6 Å². The van der Waals surface area contributed by atoms with Gasteiger partial charge in [0.05, 0.1) is 22.7 Å². The lowest BCUT2D eigenvalue weighted by molar-refractivity contribution is 0.408. The Morgan fingerprint density at radius 1 is 1.24 bits per heavy atom. The highest BCUT2D eigenvalue weighted by atomic mass is 79.9. The molecule has 0 atom stereocenters. The minimum absolute atomic E-state index is 0.0222. The van der Waals surface area contributed by atoms with Crippen molar-refractivity contribution in [3.63, 3.8) is 0 Å². The lowest BCUT2D eigenvalue weighted by Crippen LogP contribution is -2.13. The molecule has 0 aliphatic rings. The van der Waals surface area contributed by atoms with Crippen molar-refractivity contribution in [3.05, 3.63) is 45.9 Å². The van der Waals surface area contributed by atoms with Crippen LogP contribution in [0.5, 0.6) is 11.5 Å². The van der Waals surface area contributed by atoms with Crippen LogP contribution in [0.25, 0.3) is 0 Å². The van der Waals surface area contributed by atoms with Crippen molar-refractivity contribution in [2.24, 2.45) is 0 Å². The Bertz CT molecular complexity index is 780. The van der Waals surface area contributed by atoms with Crippen LogP contribution >= 0.6 is 27.5 Å². The van der Waals surface area contributed by atoms with Gasteiger partial charge in [-0.2, -0.15) is 0 Å². The zero-order valence-electron chi connectivity index (χ0n) is 10.8. The van der Waals surface area contributed by atoms with E-state index < -0.39 is 10.0 Å². The number of rotatable bonds is 4. The number of phenolic OH excluding ortho intramolecular Hbond substituents is 1. The van der Waals surface area contributed by atoms with E-state index in [9.17, 15) is 13.5 Å². The molecule has 8 heteroatoms. The third kappa shape index (κ3) is 3.61. The van der Waals surface area contributed by atoms with E-state index in [0.717, 1.165) is 0 Å². The largest absolute Gasteiger partial charge is 0.506 e. The summed E-state index contributed by atoms with van der Waals surface area (Å²) in [6.45, 7) is 0. The SMILES string of the molecule is COc1ccc(NS(=O)(=O)c2ccc(Cl)c(Br)c2)c(O)c1. The molecule has 2 aromatic carbocycles. The molecule has 0 fully saturated rings. The van der Waals surface area contributed by atoms with Gasteiger partial charge >= 0.3 is 0 Å². The molecule has 0 aliphatic carbocycles. The predicted octanol–water partition coefficient (Wildman–Crippen LogP) is 3.62. The fraction of sp³-hybridized carbons (Fsp3) is 0.0769. The number of ether oxygens (including phenoxy) is 1. The van der Waals surface area contributed by atoms with E-state index in [2.05, 4.69) is 20.7 Å². The van der Waals surface area contributed by atoms with E-state index in [1.54, 1.807) is 0 Å². The van der Waals surface area contributed by atoms with Gasteiger partial charge in [-0.05, 0) is 46.3 Å². The van der Waals surface area contributed by atoms with Crippen molar-refractivity contribution < 1.29 is 18.3 Å². The van der Waals surface area contributed by atoms with Gasteiger partial charge in [0, 0.05) is 10.5 Å². The molecule has 2 rings (SSSR count). The molecule has 2 aromatic rings. The Morgan fingerprint density at radius 3 is 2.52 bits per heavy atom. The minimum Gasteiger partial charge on any atom is -0.506 e. The molecule has 0 radical (unpaired) electrons. The lowest BCUT2D eigenvalue weighted by Gasteiger charge is -2.11. The molecule has 0 saturated carbocycles. The van der Waals surface area contributed by atoms with Crippen LogP contribution in [0, 0.1) is 0 Å². The summed E-state index contributed by atoms with van der Waals surface area (Å²) < 4.78 is 32.2. The van der Waals surface area contributed by atoms with Crippen molar-refractivity contribution in [3.8, 4) is 11.5 Å². The summed E-state index contributed by atoms with van der Waals surface area (Å²) in [5.74, 6) is 0.190. The predicted molar refractivity (Wildman–Crippen MR) is 84.6 cm³/mol. The van der Waals surface area contributed by atoms with Crippen LogP contribution in [-0.4, -0.2) is 20.6 Å². The zero-order valence-corrected chi connectivity index (χ0v) is 14.0. The second kappa shape index (κ2) is 6.13. The van der Waals surface area contributed by atoms with Gasteiger partial charge in [-0.3, -0.25) is 4.72 Å². The summed E-state index contributed by atoms with van der Waals surface area (Å²) in [6.07, 6.45) is 0. The maximum Gasteiger partial charge on any atom is 0.262 e. The molecule has 0 aliphatic heterocycles. The number of anilines is 1. The Balaban J connectivity index is 2.35. The number of methoxy groups -OCH3 is 1. The molecular formula is C13H11BrClNO4S. The van der Waals surface area contributed by atoms with Gasteiger partial charge in [0.15, 0.2) is 0 Å². The van der Waals surface area contributed by atoms with Crippen LogP contribution in [0.15, 0.2) is 45.8 Å². The third-order valence-electron chi connectivity index (χ3n) is 2.65. The van der Waals surface area contributed by atoms with Crippen LogP contribution in [0.2, 0.25) is 5.02 Å². The van der Waals surface area contributed by atoms with Crippen LogP contribution < -0.4 is 9.46 Å². The van der Waals surface area contributed by atoms with E-state index in [1.807, 2.05) is 0 Å². The van der Waals surface area contributed by atoms with Crippen LogP contribution in [-0.2, 0) is 10.0 Å². The number of benzene rings is 2. The van der Waals surface area contributed by atoms with E-state index in [4.69, 9.17) is 16.3 Å². The van der Waals surface area contributed by atoms with Crippen molar-refractivity contribution in [1.82, 2.24) is 0 Å². The standard InChI is InChI=1S/C13H11BrClNO4S/c1-20-8-2-5-12(13(17)6-8)16-21(18,19)9-3-4-11(15)10(14)7-9/h2-7,16-17H,1H3. The number of halogens is 2. The monoisotopic (exact) mass is 391 g/mol. The third-order valence-corrected chi connectivity index (χ3v) is 5.23. The zero-order chi connectivity index (χ0) is 15.6. The molecule has 0 spiro atoms. The highest BCUT2D eigenvalue weighted by Crippen LogP contribution is 2.31. The van der Waals surface area contributed by atoms with Crippen LogP contribution in [0.3, 0.4) is 0 Å². The summed E-state index contributed by atoms with van der Waals surface area (Å²) in [6, 6.07) is 8.48. The molecule has 0 heterocycles. The summed E-state index contributed by atoms with van der Waals surface area (Å²) in [4.78, 5) is 0.0222. The number of hydrogen-bond donors (Lipinski definition) is 2. The maximum absolute atomic E-state index is 12.3. The van der Waals surface area contributed by atoms with Gasteiger partial charge in [0.1, 0.15) is 11.5 Å². The topological polar surface area (TPSA) is 75.6 Å². The fourth-order valence-corrected chi connectivity index (χ4v) is 3.32. The van der Waals surface area contributed by atoms with Crippen molar-refractivity contribution in [1.29, 1.82) is 0 Å². The number of aromatic hydroxyl groups is 1. The quantitative estimate of drug-likeness (QED) is 0.779. The fourth-order valence-electron chi connectivity index (χ4n) is 1.57. The molecule has 0 aromatic heterocycles. The first-order valence-corrected chi connectivity index (χ1v) is 8.34. The van der Waals surface area contributed by atoms with Crippen LogP contribution in [0.1, 0.15) is 0 Å². The van der Waals surface area contributed by atoms with E-state index in [-0.39, 0.29) is 16.3 Å². The molecule has 0 bridgehead atoms. The molecule has 112 valence electrons. The first-order chi connectivity index (χ1) is 9.83. The summed E-state index contributed by atoms with van der Waals surface area (Å²) in [5.41, 5.74) is 0.0573. The first kappa shape index (κ1) is 15.9. The molecular weight excluding hydrogens is 382 g/mol. The number of sulfonamides is 1. The molecule has 0 amide bonds. The Morgan fingerprint density at radius 2 is 1.95 bits per heavy atom. The average Bonchev–Trinajstić information content (AvgIpc) is 2.43. The summed E-state index contributed by atoms with van der Waals surface area (Å²) in [5, 5.41) is 10.2. The Kier molecular flexibility index (Phi) is 4.65. The minimum atomic E-state index is -3.83. The molecule has 21 heavy (non-hydrogen) atoms. The molecule has 0 saturated heterocycles. The van der Waals surface area contributed by atoms with Gasteiger partial charge in [-0.15, -0.1) is 0 Å². The maximum atomic E-state index is 12.3. The van der Waals surface area contributed by atoms with Gasteiger partial charge in [0.25, 0.3) is 10.0 Å². The van der Waals surface area contributed by atoms with E-state index in [0.29, 0.717) is 15.2 Å². The van der Waals surface area contributed by atoms with Gasteiger partial charge in [0.2, 0.25) is 0 Å². The smallest absolute Gasteiger partial charge is 0.262 e. The molecule has 0 unspecified atom stereocenters. The number of phenols is 1. The lowest BCUT2D eigenvalue weighted by atomic mass is 10.3. The highest BCUT2D eigenvalue weighted by molar-refractivity contribution is 9.10. The second-order valence-corrected chi connectivity index (χ2v) is 7.01. The second-order valence-electron chi connectivity index (χ2n) is 4.06. The number of nitrogens with one attached hydrogen (secondary N) is 1.